The maximum atomic E-state index is 11.4. The second-order valence-electron chi connectivity index (χ2n) is 6.26. The smallest absolute Gasteiger partial charge is 0.150 e. The van der Waals surface area contributed by atoms with E-state index in [-0.39, 0.29) is 0 Å². The van der Waals surface area contributed by atoms with Crippen LogP contribution in [-0.4, -0.2) is 44.0 Å². The van der Waals surface area contributed by atoms with E-state index in [0.29, 0.717) is 28.9 Å². The van der Waals surface area contributed by atoms with Gasteiger partial charge >= 0.3 is 0 Å². The molecule has 2 atom stereocenters. The van der Waals surface area contributed by atoms with Gasteiger partial charge in [-0.15, -0.1) is 0 Å². The Balaban J connectivity index is 1.75. The summed E-state index contributed by atoms with van der Waals surface area (Å²) in [5.74, 6) is 3.54. The fourth-order valence-corrected chi connectivity index (χ4v) is 5.93. The third kappa shape index (κ3) is 4.14. The third-order valence-electron chi connectivity index (χ3n) is 3.63. The van der Waals surface area contributed by atoms with Crippen LogP contribution in [0.5, 0.6) is 0 Å². The van der Waals surface area contributed by atoms with E-state index in [1.54, 1.807) is 0 Å². The van der Waals surface area contributed by atoms with Gasteiger partial charge in [0, 0.05) is 11.8 Å². The number of nitrogens with one attached hydrogen (secondary N) is 1. The Labute approximate surface area is 109 Å². The minimum Gasteiger partial charge on any atom is -0.313 e. The highest BCUT2D eigenvalue weighted by molar-refractivity contribution is 7.99. The second-order valence-corrected chi connectivity index (χ2v) is 9.52. The molecular formula is C12H23NO2S2. The van der Waals surface area contributed by atoms with Crippen molar-refractivity contribution < 1.29 is 8.42 Å². The van der Waals surface area contributed by atoms with Crippen molar-refractivity contribution in [2.24, 2.45) is 11.3 Å². The normalized spacial score (nSPS) is 35.9. The van der Waals surface area contributed by atoms with Crippen LogP contribution in [0.1, 0.15) is 26.7 Å². The molecule has 5 heteroatoms. The van der Waals surface area contributed by atoms with E-state index in [1.807, 2.05) is 11.8 Å². The fraction of sp³-hybridized carbons (Fsp3) is 1.00. The van der Waals surface area contributed by atoms with Crippen molar-refractivity contribution >= 4 is 21.6 Å². The van der Waals surface area contributed by atoms with Gasteiger partial charge in [-0.25, -0.2) is 8.42 Å². The summed E-state index contributed by atoms with van der Waals surface area (Å²) in [7, 11) is -2.72. The SMILES string of the molecule is CC1(C)CSCC(NCC2CCS(=O)(=O)C2)C1. The summed E-state index contributed by atoms with van der Waals surface area (Å²) in [6.45, 7) is 5.50. The highest BCUT2D eigenvalue weighted by atomic mass is 32.2. The zero-order valence-electron chi connectivity index (χ0n) is 10.7. The van der Waals surface area contributed by atoms with E-state index >= 15 is 0 Å². The summed E-state index contributed by atoms with van der Waals surface area (Å²) in [6.07, 6.45) is 2.05. The number of thioether (sulfide) groups is 1. The van der Waals surface area contributed by atoms with Gasteiger partial charge in [-0.05, 0) is 36.5 Å². The quantitative estimate of drug-likeness (QED) is 0.850. The maximum Gasteiger partial charge on any atom is 0.150 e. The summed E-state index contributed by atoms with van der Waals surface area (Å²) in [5, 5.41) is 3.57. The summed E-state index contributed by atoms with van der Waals surface area (Å²) < 4.78 is 22.7. The number of rotatable bonds is 3. The Morgan fingerprint density at radius 2 is 2.18 bits per heavy atom. The second kappa shape index (κ2) is 5.10. The molecule has 1 N–H and O–H groups in total. The standard InChI is InChI=1S/C12H23NO2S2/c1-12(2)5-11(7-16-9-12)13-6-10-3-4-17(14,15)8-10/h10-11,13H,3-9H2,1-2H3. The lowest BCUT2D eigenvalue weighted by atomic mass is 9.87. The van der Waals surface area contributed by atoms with E-state index in [1.165, 1.54) is 17.9 Å². The van der Waals surface area contributed by atoms with E-state index in [0.717, 1.165) is 13.0 Å². The minimum atomic E-state index is -2.72. The molecule has 3 nitrogen and oxygen atoms in total. The lowest BCUT2D eigenvalue weighted by molar-refractivity contribution is 0.310. The molecule has 17 heavy (non-hydrogen) atoms. The first kappa shape index (κ1) is 13.7. The van der Waals surface area contributed by atoms with Gasteiger partial charge in [0.1, 0.15) is 0 Å². The first-order valence-electron chi connectivity index (χ1n) is 6.38. The van der Waals surface area contributed by atoms with Gasteiger partial charge < -0.3 is 5.32 Å². The molecule has 2 unspecified atom stereocenters. The molecule has 0 spiro atoms. The van der Waals surface area contributed by atoms with Crippen LogP contribution >= 0.6 is 11.8 Å². The summed E-state index contributed by atoms with van der Waals surface area (Å²) in [4.78, 5) is 0. The summed E-state index contributed by atoms with van der Waals surface area (Å²) in [5.41, 5.74) is 0.419. The topological polar surface area (TPSA) is 46.2 Å². The number of hydrogen-bond donors (Lipinski definition) is 1. The first-order valence-corrected chi connectivity index (χ1v) is 9.35. The molecule has 0 radical (unpaired) electrons. The molecule has 0 saturated carbocycles. The van der Waals surface area contributed by atoms with Gasteiger partial charge in [-0.3, -0.25) is 0 Å². The molecule has 0 amide bonds. The summed E-state index contributed by atoms with van der Waals surface area (Å²) in [6, 6.07) is 0.562. The molecule has 2 aliphatic rings. The lowest BCUT2D eigenvalue weighted by Crippen LogP contribution is -2.42. The zero-order valence-corrected chi connectivity index (χ0v) is 12.4. The van der Waals surface area contributed by atoms with E-state index < -0.39 is 9.84 Å². The average molecular weight is 277 g/mol. The third-order valence-corrected chi connectivity index (χ3v) is 7.09. The molecule has 0 aromatic heterocycles. The van der Waals surface area contributed by atoms with Crippen LogP contribution in [0.4, 0.5) is 0 Å². The van der Waals surface area contributed by atoms with Gasteiger partial charge in [0.2, 0.25) is 0 Å². The van der Waals surface area contributed by atoms with Crippen molar-refractivity contribution in [2.45, 2.75) is 32.7 Å². The molecule has 2 rings (SSSR count). The van der Waals surface area contributed by atoms with Gasteiger partial charge in [0.25, 0.3) is 0 Å². The Morgan fingerprint density at radius 1 is 1.41 bits per heavy atom. The van der Waals surface area contributed by atoms with Crippen LogP contribution in [0.15, 0.2) is 0 Å². The Kier molecular flexibility index (Phi) is 4.10. The van der Waals surface area contributed by atoms with Crippen LogP contribution < -0.4 is 5.32 Å². The minimum absolute atomic E-state index is 0.343. The largest absolute Gasteiger partial charge is 0.313 e. The van der Waals surface area contributed by atoms with E-state index in [2.05, 4.69) is 19.2 Å². The monoisotopic (exact) mass is 277 g/mol. The lowest BCUT2D eigenvalue weighted by Gasteiger charge is -2.35. The van der Waals surface area contributed by atoms with Gasteiger partial charge in [0.05, 0.1) is 11.5 Å². The molecule has 0 bridgehead atoms. The molecule has 0 aromatic carbocycles. The molecule has 0 aromatic rings. The van der Waals surface area contributed by atoms with Crippen LogP contribution in [0.3, 0.4) is 0 Å². The molecular weight excluding hydrogens is 254 g/mol. The van der Waals surface area contributed by atoms with Gasteiger partial charge in [0.15, 0.2) is 9.84 Å². The van der Waals surface area contributed by atoms with Crippen molar-refractivity contribution in [3.05, 3.63) is 0 Å². The highest BCUT2D eigenvalue weighted by Crippen LogP contribution is 2.33. The van der Waals surface area contributed by atoms with E-state index in [9.17, 15) is 8.42 Å². The molecule has 100 valence electrons. The van der Waals surface area contributed by atoms with Gasteiger partial charge in [-0.1, -0.05) is 13.8 Å². The van der Waals surface area contributed by atoms with Crippen LogP contribution in [-0.2, 0) is 9.84 Å². The molecule has 2 heterocycles. The number of sulfone groups is 1. The predicted octanol–water partition coefficient (Wildman–Crippen LogP) is 1.54. The van der Waals surface area contributed by atoms with Gasteiger partial charge in [-0.2, -0.15) is 11.8 Å². The fourth-order valence-electron chi connectivity index (χ4n) is 2.76. The zero-order chi connectivity index (χ0) is 12.5. The van der Waals surface area contributed by atoms with Crippen LogP contribution in [0, 0.1) is 11.3 Å². The van der Waals surface area contributed by atoms with Crippen molar-refractivity contribution in [1.82, 2.24) is 5.32 Å². The Hall–Kier alpha value is 0.260. The molecule has 2 aliphatic heterocycles. The Bertz CT molecular complexity index is 365. The van der Waals surface area contributed by atoms with Crippen LogP contribution in [0.25, 0.3) is 0 Å². The van der Waals surface area contributed by atoms with E-state index in [4.69, 9.17) is 0 Å². The Morgan fingerprint density at radius 3 is 2.76 bits per heavy atom. The number of hydrogen-bond acceptors (Lipinski definition) is 4. The highest BCUT2D eigenvalue weighted by Gasteiger charge is 2.31. The molecule has 0 aliphatic carbocycles. The van der Waals surface area contributed by atoms with Crippen molar-refractivity contribution in [3.8, 4) is 0 Å². The molecule has 2 saturated heterocycles. The summed E-state index contributed by atoms with van der Waals surface area (Å²) >= 11 is 2.01. The van der Waals surface area contributed by atoms with Crippen molar-refractivity contribution in [3.63, 3.8) is 0 Å². The van der Waals surface area contributed by atoms with Crippen molar-refractivity contribution in [2.75, 3.05) is 29.6 Å². The van der Waals surface area contributed by atoms with Crippen molar-refractivity contribution in [1.29, 1.82) is 0 Å². The maximum absolute atomic E-state index is 11.4. The first-order chi connectivity index (χ1) is 7.86. The average Bonchev–Trinajstić information content (AvgIpc) is 2.54. The predicted molar refractivity (Wildman–Crippen MR) is 74.3 cm³/mol. The molecule has 2 fully saturated rings. The van der Waals surface area contributed by atoms with Crippen LogP contribution in [0.2, 0.25) is 0 Å².